The molecule has 1 amide bonds. The Balaban J connectivity index is 1.30. The van der Waals surface area contributed by atoms with E-state index in [1.165, 1.54) is 5.56 Å². The van der Waals surface area contributed by atoms with Crippen molar-refractivity contribution in [1.82, 2.24) is 10.1 Å². The van der Waals surface area contributed by atoms with Crippen LogP contribution in [-0.2, 0) is 10.2 Å². The van der Waals surface area contributed by atoms with E-state index in [1.807, 2.05) is 39.5 Å². The first kappa shape index (κ1) is 26.4. The van der Waals surface area contributed by atoms with Crippen LogP contribution >= 0.6 is 0 Å². The number of nitrogens with zero attached hydrogens (tertiary/aromatic N) is 4. The van der Waals surface area contributed by atoms with Gasteiger partial charge in [0.05, 0.1) is 17.2 Å². The van der Waals surface area contributed by atoms with Gasteiger partial charge in [0.25, 0.3) is 0 Å². The summed E-state index contributed by atoms with van der Waals surface area (Å²) in [5.74, 6) is 0.814. The highest BCUT2D eigenvalue weighted by atomic mass is 16.6. The van der Waals surface area contributed by atoms with Crippen molar-refractivity contribution < 1.29 is 14.1 Å². The summed E-state index contributed by atoms with van der Waals surface area (Å²) in [5.41, 5.74) is 6.96. The molecule has 2 aliphatic carbocycles. The molecule has 3 aliphatic rings. The zero-order chi connectivity index (χ0) is 28.4. The molecule has 0 N–H and O–H groups in total. The number of aromatic nitrogens is 1. The number of likely N-dealkylation sites (tertiary alicyclic amines) is 1. The van der Waals surface area contributed by atoms with Gasteiger partial charge in [0.1, 0.15) is 11.4 Å². The molecule has 208 valence electrons. The number of anilines is 2. The lowest BCUT2D eigenvalue weighted by Crippen LogP contribution is -2.67. The number of nitriles is 1. The van der Waals surface area contributed by atoms with Gasteiger partial charge < -0.3 is 19.1 Å². The predicted octanol–water partition coefficient (Wildman–Crippen LogP) is 7.36. The Labute approximate surface area is 236 Å². The molecule has 7 nitrogen and oxygen atoms in total. The van der Waals surface area contributed by atoms with Gasteiger partial charge in [-0.25, -0.2) is 4.79 Å². The smallest absolute Gasteiger partial charge is 0.410 e. The molecule has 2 aromatic carbocycles. The summed E-state index contributed by atoms with van der Waals surface area (Å²) in [5, 5.41) is 13.9. The van der Waals surface area contributed by atoms with Gasteiger partial charge in [-0.3, -0.25) is 0 Å². The van der Waals surface area contributed by atoms with Gasteiger partial charge in [-0.1, -0.05) is 29.4 Å². The number of carbonyl (C=O) groups excluding carboxylic acids is 1. The molecule has 0 unspecified atom stereocenters. The molecule has 0 bridgehead atoms. The van der Waals surface area contributed by atoms with E-state index in [9.17, 15) is 10.1 Å². The van der Waals surface area contributed by atoms with E-state index < -0.39 is 5.60 Å². The van der Waals surface area contributed by atoms with E-state index in [0.717, 1.165) is 78.3 Å². The molecule has 3 fully saturated rings. The third kappa shape index (κ3) is 4.54. The van der Waals surface area contributed by atoms with Crippen LogP contribution in [0.5, 0.6) is 0 Å². The van der Waals surface area contributed by atoms with Gasteiger partial charge in [0.2, 0.25) is 0 Å². The summed E-state index contributed by atoms with van der Waals surface area (Å²) in [6.07, 6.45) is 3.66. The second-order valence-corrected chi connectivity index (χ2v) is 13.2. The van der Waals surface area contributed by atoms with Crippen LogP contribution in [0.1, 0.15) is 69.0 Å². The second-order valence-electron chi connectivity index (χ2n) is 13.2. The molecule has 2 saturated carbocycles. The number of hydrogen-bond acceptors (Lipinski definition) is 6. The fourth-order valence-electron chi connectivity index (χ4n) is 6.60. The molecule has 6 rings (SSSR count). The van der Waals surface area contributed by atoms with E-state index in [1.54, 1.807) is 0 Å². The lowest BCUT2D eigenvalue weighted by molar-refractivity contribution is -0.0767. The molecule has 1 saturated heterocycles. The van der Waals surface area contributed by atoms with E-state index in [-0.39, 0.29) is 16.9 Å². The summed E-state index contributed by atoms with van der Waals surface area (Å²) >= 11 is 0. The second kappa shape index (κ2) is 9.12. The zero-order valence-corrected chi connectivity index (χ0v) is 24.4. The average Bonchev–Trinajstić information content (AvgIpc) is 3.58. The SMILES string of the molecule is Cc1ccc(-c2c(C)noc2C)cc1N(c1ccc(C2(C#N)CC2)cc1)C1CC2(C1)CN(C(=O)OC(C)(C)C)C2. The van der Waals surface area contributed by atoms with Crippen molar-refractivity contribution in [1.29, 1.82) is 5.26 Å². The average molecular weight is 539 g/mol. The van der Waals surface area contributed by atoms with Crippen molar-refractivity contribution in [3.05, 3.63) is 65.0 Å². The molecule has 2 heterocycles. The van der Waals surface area contributed by atoms with Crippen molar-refractivity contribution >= 4 is 17.5 Å². The maximum atomic E-state index is 12.6. The van der Waals surface area contributed by atoms with Gasteiger partial charge in [0, 0.05) is 41.5 Å². The topological polar surface area (TPSA) is 82.6 Å². The fourth-order valence-corrected chi connectivity index (χ4v) is 6.60. The summed E-state index contributed by atoms with van der Waals surface area (Å²) in [4.78, 5) is 16.9. The van der Waals surface area contributed by atoms with Gasteiger partial charge in [-0.05, 0) is 102 Å². The number of benzene rings is 2. The molecule has 1 aromatic heterocycles. The third-order valence-electron chi connectivity index (χ3n) is 8.86. The summed E-state index contributed by atoms with van der Waals surface area (Å²) in [6.45, 7) is 13.3. The van der Waals surface area contributed by atoms with Crippen LogP contribution in [0.3, 0.4) is 0 Å². The number of ether oxygens (including phenoxy) is 1. The fraction of sp³-hybridized carbons (Fsp3) is 0.485. The van der Waals surface area contributed by atoms with Crippen LogP contribution in [-0.4, -0.2) is 40.9 Å². The minimum Gasteiger partial charge on any atom is -0.444 e. The van der Waals surface area contributed by atoms with Gasteiger partial charge in [-0.2, -0.15) is 5.26 Å². The Hall–Kier alpha value is -3.79. The van der Waals surface area contributed by atoms with Crippen LogP contribution in [0, 0.1) is 37.5 Å². The Morgan fingerprint density at radius 2 is 1.77 bits per heavy atom. The minimum absolute atomic E-state index is 0.145. The maximum absolute atomic E-state index is 12.6. The van der Waals surface area contributed by atoms with Crippen LogP contribution in [0.4, 0.5) is 16.2 Å². The molecule has 3 aromatic rings. The molecule has 1 spiro atoms. The molecule has 7 heteroatoms. The highest BCUT2D eigenvalue weighted by Crippen LogP contribution is 2.54. The van der Waals surface area contributed by atoms with E-state index in [0.29, 0.717) is 6.04 Å². The van der Waals surface area contributed by atoms with E-state index in [4.69, 9.17) is 9.26 Å². The highest BCUT2D eigenvalue weighted by molar-refractivity contribution is 5.77. The Morgan fingerprint density at radius 1 is 1.10 bits per heavy atom. The highest BCUT2D eigenvalue weighted by Gasteiger charge is 2.56. The molecular formula is C33H38N4O3. The largest absolute Gasteiger partial charge is 0.444 e. The number of carbonyl (C=O) groups is 1. The summed E-state index contributed by atoms with van der Waals surface area (Å²) < 4.78 is 11.1. The van der Waals surface area contributed by atoms with Gasteiger partial charge >= 0.3 is 6.09 Å². The van der Waals surface area contributed by atoms with Crippen molar-refractivity contribution in [2.45, 2.75) is 84.3 Å². The lowest BCUT2D eigenvalue weighted by Gasteiger charge is -2.61. The predicted molar refractivity (Wildman–Crippen MR) is 155 cm³/mol. The Morgan fingerprint density at radius 3 is 2.33 bits per heavy atom. The first-order chi connectivity index (χ1) is 18.9. The van der Waals surface area contributed by atoms with Crippen molar-refractivity contribution in [2.75, 3.05) is 18.0 Å². The summed E-state index contributed by atoms with van der Waals surface area (Å²) in [6, 6.07) is 18.0. The molecule has 0 radical (unpaired) electrons. The lowest BCUT2D eigenvalue weighted by atomic mass is 9.60. The van der Waals surface area contributed by atoms with Crippen molar-refractivity contribution in [2.24, 2.45) is 5.41 Å². The van der Waals surface area contributed by atoms with Gasteiger partial charge in [-0.15, -0.1) is 0 Å². The first-order valence-corrected chi connectivity index (χ1v) is 14.3. The molecule has 40 heavy (non-hydrogen) atoms. The maximum Gasteiger partial charge on any atom is 0.410 e. The minimum atomic E-state index is -0.487. The zero-order valence-electron chi connectivity index (χ0n) is 24.4. The number of aryl methyl sites for hydroxylation is 3. The van der Waals surface area contributed by atoms with Gasteiger partial charge in [0.15, 0.2) is 0 Å². The molecule has 1 aliphatic heterocycles. The van der Waals surface area contributed by atoms with Crippen LogP contribution in [0.25, 0.3) is 11.1 Å². The van der Waals surface area contributed by atoms with E-state index >= 15 is 0 Å². The first-order valence-electron chi connectivity index (χ1n) is 14.3. The van der Waals surface area contributed by atoms with Crippen molar-refractivity contribution in [3.8, 4) is 17.2 Å². The Bertz CT molecular complexity index is 1470. The summed E-state index contributed by atoms with van der Waals surface area (Å²) in [7, 11) is 0. The van der Waals surface area contributed by atoms with E-state index in [2.05, 4.69) is 65.5 Å². The Kier molecular flexibility index (Phi) is 6.03. The van der Waals surface area contributed by atoms with Crippen LogP contribution in [0.2, 0.25) is 0 Å². The standard InChI is InChI=1S/C33H38N4O3/c1-21-7-8-24(29-22(2)35-40-23(29)3)15-28(21)37(26-11-9-25(10-12-26)33(18-34)13-14-33)27-16-32(17-27)19-36(20-32)30(38)39-31(4,5)6/h7-12,15,27H,13-14,16-17,19-20H2,1-6H3. The third-order valence-corrected chi connectivity index (χ3v) is 8.86. The normalized spacial score (nSPS) is 19.0. The van der Waals surface area contributed by atoms with Crippen molar-refractivity contribution in [3.63, 3.8) is 0 Å². The molecule has 0 atom stereocenters. The monoisotopic (exact) mass is 538 g/mol. The van der Waals surface area contributed by atoms with Crippen LogP contribution < -0.4 is 4.90 Å². The number of hydrogen-bond donors (Lipinski definition) is 0. The van der Waals surface area contributed by atoms with Crippen LogP contribution in [0.15, 0.2) is 47.0 Å². The number of rotatable bonds is 5. The number of amides is 1. The quantitative estimate of drug-likeness (QED) is 0.338. The molecular weight excluding hydrogens is 500 g/mol.